The number of nitrogens with one attached hydrogen (secondary N) is 1. The van der Waals surface area contributed by atoms with E-state index in [-0.39, 0.29) is 0 Å². The van der Waals surface area contributed by atoms with Crippen LogP contribution in [0.5, 0.6) is 0 Å². The summed E-state index contributed by atoms with van der Waals surface area (Å²) in [5, 5.41) is 12.8. The summed E-state index contributed by atoms with van der Waals surface area (Å²) in [5.74, 6) is 0. The number of likely N-dealkylation sites (tertiary alicyclic amines) is 1. The zero-order chi connectivity index (χ0) is 12.9. The molecule has 0 spiro atoms. The lowest BCUT2D eigenvalue weighted by molar-refractivity contribution is 0.337. The van der Waals surface area contributed by atoms with Gasteiger partial charge in [-0.15, -0.1) is 0 Å². The monoisotopic (exact) mass is 256 g/mol. The lowest BCUT2D eigenvalue weighted by Crippen LogP contribution is -2.22. The van der Waals surface area contributed by atoms with Crippen molar-refractivity contribution in [1.29, 1.82) is 0 Å². The van der Waals surface area contributed by atoms with Crippen LogP contribution < -0.4 is 5.32 Å². The van der Waals surface area contributed by atoms with Gasteiger partial charge in [0.2, 0.25) is 0 Å². The van der Waals surface area contributed by atoms with Crippen molar-refractivity contribution in [3.63, 3.8) is 0 Å². The Balaban J connectivity index is 1.56. The van der Waals surface area contributed by atoms with E-state index in [1.165, 1.54) is 38.9 Å². The molecule has 4 nitrogen and oxygen atoms in total. The number of anilines is 1. The predicted octanol–water partition coefficient (Wildman–Crippen LogP) is 2.53. The molecule has 1 aromatic heterocycles. The highest BCUT2D eigenvalue weighted by molar-refractivity contribution is 5.90. The van der Waals surface area contributed by atoms with E-state index in [4.69, 9.17) is 0 Å². The van der Waals surface area contributed by atoms with Crippen LogP contribution in [0.2, 0.25) is 0 Å². The van der Waals surface area contributed by atoms with E-state index in [0.29, 0.717) is 0 Å². The molecular formula is C15H20N4. The summed E-state index contributed by atoms with van der Waals surface area (Å²) in [7, 11) is 0. The van der Waals surface area contributed by atoms with Crippen LogP contribution in [-0.2, 0) is 0 Å². The minimum Gasteiger partial charge on any atom is -0.383 e. The number of aromatic nitrogens is 2. The molecule has 19 heavy (non-hydrogen) atoms. The summed E-state index contributed by atoms with van der Waals surface area (Å²) in [6.45, 7) is 4.75. The normalized spacial score (nSPS) is 16.0. The van der Waals surface area contributed by atoms with Crippen LogP contribution in [0.4, 0.5) is 5.69 Å². The molecule has 1 aliphatic rings. The van der Waals surface area contributed by atoms with Crippen LogP contribution in [0, 0.1) is 0 Å². The Kier molecular flexibility index (Phi) is 3.89. The van der Waals surface area contributed by atoms with Gasteiger partial charge < -0.3 is 10.2 Å². The van der Waals surface area contributed by atoms with Gasteiger partial charge in [-0.3, -0.25) is 0 Å². The fourth-order valence-electron chi connectivity index (χ4n) is 2.68. The first-order valence-corrected chi connectivity index (χ1v) is 7.10. The third-order valence-corrected chi connectivity index (χ3v) is 3.71. The van der Waals surface area contributed by atoms with Crippen molar-refractivity contribution in [2.45, 2.75) is 19.3 Å². The number of hydrogen-bond donors (Lipinski definition) is 1. The van der Waals surface area contributed by atoms with Crippen molar-refractivity contribution in [1.82, 2.24) is 15.1 Å². The molecule has 2 aromatic rings. The first-order valence-electron chi connectivity index (χ1n) is 7.10. The summed E-state index contributed by atoms with van der Waals surface area (Å²) in [4.78, 5) is 2.55. The van der Waals surface area contributed by atoms with Gasteiger partial charge >= 0.3 is 0 Å². The van der Waals surface area contributed by atoms with Crippen LogP contribution in [-0.4, -0.2) is 41.3 Å². The number of hydrogen-bond acceptors (Lipinski definition) is 4. The van der Waals surface area contributed by atoms with Crippen LogP contribution in [0.3, 0.4) is 0 Å². The topological polar surface area (TPSA) is 41.0 Å². The first-order chi connectivity index (χ1) is 9.43. The fraction of sp³-hybridized carbons (Fsp3) is 0.467. The van der Waals surface area contributed by atoms with Gasteiger partial charge in [-0.1, -0.05) is 18.2 Å². The largest absolute Gasteiger partial charge is 0.383 e. The van der Waals surface area contributed by atoms with Crippen LogP contribution >= 0.6 is 0 Å². The molecule has 1 fully saturated rings. The van der Waals surface area contributed by atoms with Gasteiger partial charge in [0.1, 0.15) is 0 Å². The lowest BCUT2D eigenvalue weighted by atomic mass is 10.2. The Bertz CT molecular complexity index is 529. The molecule has 100 valence electrons. The molecule has 0 atom stereocenters. The van der Waals surface area contributed by atoms with E-state index in [1.807, 2.05) is 24.4 Å². The predicted molar refractivity (Wildman–Crippen MR) is 78.3 cm³/mol. The summed E-state index contributed by atoms with van der Waals surface area (Å²) >= 11 is 0. The van der Waals surface area contributed by atoms with Gasteiger partial charge in [-0.2, -0.15) is 10.2 Å². The molecule has 1 aliphatic heterocycles. The van der Waals surface area contributed by atoms with Gasteiger partial charge in [0.25, 0.3) is 0 Å². The maximum absolute atomic E-state index is 4.13. The zero-order valence-corrected chi connectivity index (χ0v) is 11.2. The van der Waals surface area contributed by atoms with E-state index in [2.05, 4.69) is 26.5 Å². The summed E-state index contributed by atoms with van der Waals surface area (Å²) in [6, 6.07) is 8.12. The van der Waals surface area contributed by atoms with Gasteiger partial charge in [-0.25, -0.2) is 0 Å². The second kappa shape index (κ2) is 5.97. The van der Waals surface area contributed by atoms with E-state index in [9.17, 15) is 0 Å². The van der Waals surface area contributed by atoms with E-state index < -0.39 is 0 Å². The van der Waals surface area contributed by atoms with Crippen molar-refractivity contribution in [2.75, 3.05) is 31.5 Å². The molecule has 0 saturated carbocycles. The Hall–Kier alpha value is -1.68. The summed E-state index contributed by atoms with van der Waals surface area (Å²) in [5.41, 5.74) is 2.04. The van der Waals surface area contributed by atoms with Crippen LogP contribution in [0.1, 0.15) is 19.3 Å². The average Bonchev–Trinajstić information content (AvgIpc) is 2.97. The maximum atomic E-state index is 4.13. The van der Waals surface area contributed by atoms with Crippen LogP contribution in [0.15, 0.2) is 30.5 Å². The van der Waals surface area contributed by atoms with E-state index in [1.54, 1.807) is 0 Å². The van der Waals surface area contributed by atoms with Gasteiger partial charge in [0.05, 0.1) is 17.4 Å². The number of benzene rings is 1. The summed E-state index contributed by atoms with van der Waals surface area (Å²) < 4.78 is 0. The zero-order valence-electron chi connectivity index (χ0n) is 11.2. The highest BCUT2D eigenvalue weighted by Crippen LogP contribution is 2.19. The van der Waals surface area contributed by atoms with Gasteiger partial charge in [0.15, 0.2) is 0 Å². The molecule has 4 heteroatoms. The minimum absolute atomic E-state index is 0.951. The van der Waals surface area contributed by atoms with E-state index in [0.717, 1.165) is 23.1 Å². The maximum Gasteiger partial charge on any atom is 0.0950 e. The van der Waals surface area contributed by atoms with Gasteiger partial charge in [0, 0.05) is 11.9 Å². The molecule has 3 rings (SSSR count). The van der Waals surface area contributed by atoms with Crippen LogP contribution in [0.25, 0.3) is 10.9 Å². The molecular weight excluding hydrogens is 236 g/mol. The Morgan fingerprint density at radius 3 is 2.89 bits per heavy atom. The molecule has 1 N–H and O–H groups in total. The third kappa shape index (κ3) is 3.01. The number of nitrogens with zero attached hydrogens (tertiary/aromatic N) is 3. The third-order valence-electron chi connectivity index (χ3n) is 3.71. The summed E-state index contributed by atoms with van der Waals surface area (Å²) in [6.07, 6.45) is 5.73. The lowest BCUT2D eigenvalue weighted by Gasteiger charge is -2.15. The second-order valence-corrected chi connectivity index (χ2v) is 5.10. The molecule has 0 bridgehead atoms. The highest BCUT2D eigenvalue weighted by atomic mass is 15.1. The Morgan fingerprint density at radius 2 is 2.00 bits per heavy atom. The number of rotatable bonds is 5. The molecule has 0 aliphatic carbocycles. The standard InChI is InChI=1S/C15H20N4/c1-2-7-14-13(6-1)15(12-17-18-14)16-8-5-11-19-9-3-4-10-19/h1-2,6-7,12H,3-5,8-11H2,(H,16,18). The van der Waals surface area contributed by atoms with Crippen molar-refractivity contribution >= 4 is 16.6 Å². The number of fused-ring (bicyclic) bond motifs is 1. The van der Waals surface area contributed by atoms with E-state index >= 15 is 0 Å². The van der Waals surface area contributed by atoms with Gasteiger partial charge in [-0.05, 0) is 45.0 Å². The quantitative estimate of drug-likeness (QED) is 0.835. The van der Waals surface area contributed by atoms with Crippen molar-refractivity contribution in [3.8, 4) is 0 Å². The smallest absolute Gasteiger partial charge is 0.0950 e. The fourth-order valence-corrected chi connectivity index (χ4v) is 2.68. The first kappa shape index (κ1) is 12.4. The van der Waals surface area contributed by atoms with Crippen molar-refractivity contribution in [3.05, 3.63) is 30.5 Å². The second-order valence-electron chi connectivity index (χ2n) is 5.10. The molecule has 1 saturated heterocycles. The van der Waals surface area contributed by atoms with Crippen molar-refractivity contribution in [2.24, 2.45) is 0 Å². The Morgan fingerprint density at radius 1 is 1.16 bits per heavy atom. The molecule has 1 aromatic carbocycles. The Labute approximate surface area is 113 Å². The SMILES string of the molecule is c1ccc2c(NCCCN3CCCC3)cnnc2c1. The molecule has 0 amide bonds. The molecule has 0 unspecified atom stereocenters. The highest BCUT2D eigenvalue weighted by Gasteiger charge is 2.10. The molecule has 2 heterocycles. The average molecular weight is 256 g/mol. The molecule has 0 radical (unpaired) electrons. The van der Waals surface area contributed by atoms with Crippen molar-refractivity contribution < 1.29 is 0 Å². The minimum atomic E-state index is 0.951.